The predicted octanol–water partition coefficient (Wildman–Crippen LogP) is -0.556. The van der Waals surface area contributed by atoms with Gasteiger partial charge >= 0.3 is 0 Å². The number of nitrogens with one attached hydrogen (secondary N) is 1. The summed E-state index contributed by atoms with van der Waals surface area (Å²) in [7, 11) is 2.14. The van der Waals surface area contributed by atoms with Gasteiger partial charge in [0.05, 0.1) is 6.54 Å². The van der Waals surface area contributed by atoms with Gasteiger partial charge in [-0.1, -0.05) is 0 Å². The number of carbonyl (C=O) groups is 1. The molecule has 1 N–H and O–H groups in total. The highest BCUT2D eigenvalue weighted by Crippen LogP contribution is 2.27. The number of carbonyl (C=O) groups excluding carboxylic acids is 1. The third-order valence-corrected chi connectivity index (χ3v) is 4.97. The van der Waals surface area contributed by atoms with Crippen LogP contribution >= 0.6 is 0 Å². The lowest BCUT2D eigenvalue weighted by Gasteiger charge is -2.45. The van der Waals surface area contributed by atoms with Crippen molar-refractivity contribution in [3.63, 3.8) is 0 Å². The van der Waals surface area contributed by atoms with Crippen LogP contribution in [0.1, 0.15) is 12.8 Å². The van der Waals surface area contributed by atoms with Gasteiger partial charge in [-0.3, -0.25) is 9.69 Å². The molecule has 4 rings (SSSR count). The van der Waals surface area contributed by atoms with Crippen LogP contribution in [0.5, 0.6) is 0 Å². The number of piperidine rings is 3. The number of hydrogen-bond acceptors (Lipinski definition) is 4. The van der Waals surface area contributed by atoms with E-state index in [2.05, 4.69) is 27.1 Å². The second kappa shape index (κ2) is 5.77. The number of nitrogens with zero attached hydrogens (tertiary/aromatic N) is 3. The number of amides is 1. The molecule has 0 spiro atoms. The van der Waals surface area contributed by atoms with Gasteiger partial charge in [-0.15, -0.1) is 0 Å². The van der Waals surface area contributed by atoms with Crippen molar-refractivity contribution >= 4 is 5.91 Å². The number of fused-ring (bicyclic) bond motifs is 3. The molecule has 0 radical (unpaired) electrons. The van der Waals surface area contributed by atoms with Gasteiger partial charge in [0, 0.05) is 38.8 Å². The van der Waals surface area contributed by atoms with Crippen LogP contribution in [-0.2, 0) is 4.79 Å². The second-order valence-electron chi connectivity index (χ2n) is 6.39. The van der Waals surface area contributed by atoms with Gasteiger partial charge in [0.15, 0.2) is 0 Å². The van der Waals surface area contributed by atoms with Crippen molar-refractivity contribution in [3.05, 3.63) is 0 Å². The fourth-order valence-corrected chi connectivity index (χ4v) is 3.59. The van der Waals surface area contributed by atoms with Gasteiger partial charge < -0.3 is 15.1 Å². The Bertz CT molecular complexity index is 319. The highest BCUT2D eigenvalue weighted by molar-refractivity contribution is 5.78. The van der Waals surface area contributed by atoms with Crippen molar-refractivity contribution in [2.75, 3.05) is 59.4 Å². The lowest BCUT2D eigenvalue weighted by molar-refractivity contribution is -0.124. The molecule has 5 heteroatoms. The molecule has 0 aromatic heterocycles. The quantitative estimate of drug-likeness (QED) is 0.743. The lowest BCUT2D eigenvalue weighted by Crippen LogP contribution is -2.58. The Morgan fingerprint density at radius 2 is 1.79 bits per heavy atom. The molecule has 0 unspecified atom stereocenters. The van der Waals surface area contributed by atoms with Crippen LogP contribution in [0.25, 0.3) is 0 Å². The first-order valence-electron chi connectivity index (χ1n) is 7.63. The first-order chi connectivity index (χ1) is 9.20. The smallest absolute Gasteiger partial charge is 0.234 e. The average Bonchev–Trinajstić information content (AvgIpc) is 2.43. The summed E-state index contributed by atoms with van der Waals surface area (Å²) in [4.78, 5) is 19.2. The van der Waals surface area contributed by atoms with Gasteiger partial charge in [-0.2, -0.15) is 0 Å². The summed E-state index contributed by atoms with van der Waals surface area (Å²) in [5.74, 6) is 0.949. The monoisotopic (exact) mass is 266 g/mol. The zero-order valence-electron chi connectivity index (χ0n) is 12.0. The summed E-state index contributed by atoms with van der Waals surface area (Å²) in [6, 6.07) is 0.405. The summed E-state index contributed by atoms with van der Waals surface area (Å²) >= 11 is 0. The van der Waals surface area contributed by atoms with E-state index < -0.39 is 0 Å². The van der Waals surface area contributed by atoms with E-state index in [4.69, 9.17) is 0 Å². The fourth-order valence-electron chi connectivity index (χ4n) is 3.59. The molecule has 0 aliphatic carbocycles. The van der Waals surface area contributed by atoms with Crippen LogP contribution in [0.3, 0.4) is 0 Å². The Morgan fingerprint density at radius 3 is 2.37 bits per heavy atom. The molecule has 108 valence electrons. The Balaban J connectivity index is 1.44. The molecule has 19 heavy (non-hydrogen) atoms. The van der Waals surface area contributed by atoms with Crippen molar-refractivity contribution in [1.82, 2.24) is 20.0 Å². The van der Waals surface area contributed by atoms with E-state index >= 15 is 0 Å². The van der Waals surface area contributed by atoms with Gasteiger partial charge in [-0.25, -0.2) is 0 Å². The van der Waals surface area contributed by atoms with E-state index in [1.54, 1.807) is 0 Å². The maximum atomic E-state index is 12.2. The van der Waals surface area contributed by atoms with Crippen molar-refractivity contribution in [1.29, 1.82) is 0 Å². The molecule has 4 heterocycles. The van der Waals surface area contributed by atoms with Crippen LogP contribution in [0.2, 0.25) is 0 Å². The fraction of sp³-hybridized carbons (Fsp3) is 0.929. The van der Waals surface area contributed by atoms with E-state index in [9.17, 15) is 4.79 Å². The molecular formula is C14H26N4O. The van der Waals surface area contributed by atoms with Crippen molar-refractivity contribution in [2.45, 2.75) is 18.9 Å². The summed E-state index contributed by atoms with van der Waals surface area (Å²) in [5.41, 5.74) is 0. The first kappa shape index (κ1) is 13.3. The Labute approximate surface area is 115 Å². The number of hydrogen-bond donors (Lipinski definition) is 1. The molecule has 1 atom stereocenters. The highest BCUT2D eigenvalue weighted by atomic mass is 16.2. The highest BCUT2D eigenvalue weighted by Gasteiger charge is 2.34. The van der Waals surface area contributed by atoms with Crippen LogP contribution < -0.4 is 5.32 Å². The minimum Gasteiger partial charge on any atom is -0.351 e. The largest absolute Gasteiger partial charge is 0.351 e. The van der Waals surface area contributed by atoms with Gasteiger partial charge in [0.25, 0.3) is 0 Å². The maximum Gasteiger partial charge on any atom is 0.234 e. The molecule has 0 saturated carbocycles. The maximum absolute atomic E-state index is 12.2. The molecule has 4 aliphatic heterocycles. The van der Waals surface area contributed by atoms with Crippen LogP contribution in [0, 0.1) is 5.92 Å². The normalized spacial score (nSPS) is 36.4. The molecule has 5 nitrogen and oxygen atoms in total. The molecule has 2 bridgehead atoms. The molecule has 4 saturated heterocycles. The van der Waals surface area contributed by atoms with Gasteiger partial charge in [0.2, 0.25) is 5.91 Å². The second-order valence-corrected chi connectivity index (χ2v) is 6.39. The van der Waals surface area contributed by atoms with E-state index in [0.717, 1.165) is 38.6 Å². The minimum absolute atomic E-state index is 0.225. The van der Waals surface area contributed by atoms with E-state index in [0.29, 0.717) is 12.6 Å². The van der Waals surface area contributed by atoms with E-state index in [1.165, 1.54) is 25.9 Å². The van der Waals surface area contributed by atoms with Crippen molar-refractivity contribution < 1.29 is 4.79 Å². The molecule has 4 fully saturated rings. The average molecular weight is 266 g/mol. The zero-order chi connectivity index (χ0) is 13.2. The minimum atomic E-state index is 0.225. The van der Waals surface area contributed by atoms with Crippen LogP contribution in [-0.4, -0.2) is 86.1 Å². The summed E-state index contributed by atoms with van der Waals surface area (Å²) in [6.07, 6.45) is 2.53. The number of rotatable bonds is 3. The summed E-state index contributed by atoms with van der Waals surface area (Å²) in [5, 5.41) is 3.27. The summed E-state index contributed by atoms with van der Waals surface area (Å²) < 4.78 is 0. The Hall–Kier alpha value is -0.650. The van der Waals surface area contributed by atoms with E-state index in [-0.39, 0.29) is 5.91 Å². The summed E-state index contributed by atoms with van der Waals surface area (Å²) in [6.45, 7) is 8.30. The number of likely N-dealkylation sites (N-methyl/N-ethyl adjacent to an activating group) is 1. The van der Waals surface area contributed by atoms with E-state index in [1.807, 2.05) is 0 Å². The SMILES string of the molecule is CN1CCN(CC(=O)N[C@H]2CN3CCC2CC3)CC1. The zero-order valence-corrected chi connectivity index (χ0v) is 12.0. The molecule has 0 aromatic rings. The first-order valence-corrected chi connectivity index (χ1v) is 7.63. The Morgan fingerprint density at radius 1 is 1.11 bits per heavy atom. The topological polar surface area (TPSA) is 38.8 Å². The number of piperazine rings is 1. The van der Waals surface area contributed by atoms with Gasteiger partial charge in [-0.05, 0) is 38.9 Å². The molecule has 4 aliphatic rings. The molecule has 1 amide bonds. The third kappa shape index (κ3) is 3.27. The Kier molecular flexibility index (Phi) is 4.05. The third-order valence-electron chi connectivity index (χ3n) is 4.97. The molecule has 0 aromatic carbocycles. The van der Waals surface area contributed by atoms with Gasteiger partial charge in [0.1, 0.15) is 0 Å². The predicted molar refractivity (Wildman–Crippen MR) is 75.0 cm³/mol. The van der Waals surface area contributed by atoms with Crippen LogP contribution in [0.4, 0.5) is 0 Å². The lowest BCUT2D eigenvalue weighted by atomic mass is 9.84. The van der Waals surface area contributed by atoms with Crippen molar-refractivity contribution in [2.24, 2.45) is 5.92 Å². The van der Waals surface area contributed by atoms with Crippen molar-refractivity contribution in [3.8, 4) is 0 Å². The standard InChI is InChI=1S/C14H26N4O/c1-16-6-8-18(9-7-16)11-14(19)15-13-10-17-4-2-12(13)3-5-17/h12-13H,2-11H2,1H3,(H,15,19)/t13-/m0/s1. The molecular weight excluding hydrogens is 240 g/mol. The van der Waals surface area contributed by atoms with Crippen LogP contribution in [0.15, 0.2) is 0 Å².